The molecule has 4 heteroatoms. The van der Waals surface area contributed by atoms with E-state index in [1.165, 1.54) is 6.92 Å². The minimum absolute atomic E-state index is 0.0456. The quantitative estimate of drug-likeness (QED) is 0.868. The summed E-state index contributed by atoms with van der Waals surface area (Å²) in [7, 11) is 1.76. The van der Waals surface area contributed by atoms with Gasteiger partial charge in [-0.25, -0.2) is 0 Å². The summed E-state index contributed by atoms with van der Waals surface area (Å²) in [6.07, 6.45) is 1.67. The second kappa shape index (κ2) is 5.74. The summed E-state index contributed by atoms with van der Waals surface area (Å²) in [5.74, 6) is -0.230. The highest BCUT2D eigenvalue weighted by atomic mass is 16.2. The number of carbonyl (C=O) groups is 2. The second-order valence-electron chi connectivity index (χ2n) is 4.89. The number of aryl methyl sites for hydroxylation is 1. The van der Waals surface area contributed by atoms with Gasteiger partial charge < -0.3 is 9.88 Å². The van der Waals surface area contributed by atoms with E-state index in [4.69, 9.17) is 0 Å². The summed E-state index contributed by atoms with van der Waals surface area (Å²) in [5.41, 5.74) is 2.07. The fourth-order valence-corrected chi connectivity index (χ4v) is 2.08. The number of nitrogens with zero attached hydrogens (tertiary/aromatic N) is 1. The Hall–Kier alpha value is -2.36. The molecule has 0 saturated carbocycles. The zero-order valence-corrected chi connectivity index (χ0v) is 11.9. The molecule has 1 atom stereocenters. The Balaban J connectivity index is 2.14. The van der Waals surface area contributed by atoms with E-state index in [9.17, 15) is 9.59 Å². The summed E-state index contributed by atoms with van der Waals surface area (Å²) >= 11 is 0. The van der Waals surface area contributed by atoms with Crippen molar-refractivity contribution in [1.29, 1.82) is 0 Å². The first-order valence-corrected chi connectivity index (χ1v) is 6.52. The number of amides is 1. The standard InChI is InChI=1S/C16H18N2O2/c1-11(13-7-5-4-6-8-13)17-16(20)15-9-14(12(2)19)10-18(15)3/h4-11H,1-3H3,(H,17,20)/t11-/m1/s1. The third kappa shape index (κ3) is 2.96. The Labute approximate surface area is 118 Å². The number of hydrogen-bond donors (Lipinski definition) is 1. The van der Waals surface area contributed by atoms with E-state index in [0.29, 0.717) is 11.3 Å². The van der Waals surface area contributed by atoms with Crippen molar-refractivity contribution in [3.8, 4) is 0 Å². The van der Waals surface area contributed by atoms with Crippen molar-refractivity contribution in [3.05, 3.63) is 59.4 Å². The van der Waals surface area contributed by atoms with Crippen LogP contribution in [0.25, 0.3) is 0 Å². The van der Waals surface area contributed by atoms with E-state index >= 15 is 0 Å². The van der Waals surface area contributed by atoms with Crippen molar-refractivity contribution < 1.29 is 9.59 Å². The van der Waals surface area contributed by atoms with E-state index in [0.717, 1.165) is 5.56 Å². The van der Waals surface area contributed by atoms with Crippen molar-refractivity contribution in [2.45, 2.75) is 19.9 Å². The van der Waals surface area contributed by atoms with Crippen molar-refractivity contribution in [1.82, 2.24) is 9.88 Å². The largest absolute Gasteiger partial charge is 0.346 e. The van der Waals surface area contributed by atoms with E-state index < -0.39 is 0 Å². The second-order valence-corrected chi connectivity index (χ2v) is 4.89. The Kier molecular flexibility index (Phi) is 4.03. The average molecular weight is 270 g/mol. The molecule has 2 aromatic rings. The van der Waals surface area contributed by atoms with Gasteiger partial charge in [0.25, 0.3) is 5.91 Å². The summed E-state index contributed by atoms with van der Waals surface area (Å²) in [6, 6.07) is 11.3. The van der Waals surface area contributed by atoms with Crippen molar-refractivity contribution in [3.63, 3.8) is 0 Å². The fraction of sp³-hybridized carbons (Fsp3) is 0.250. The van der Waals surface area contributed by atoms with Gasteiger partial charge in [0.1, 0.15) is 5.69 Å². The maximum atomic E-state index is 12.2. The van der Waals surface area contributed by atoms with Gasteiger partial charge in [-0.2, -0.15) is 0 Å². The van der Waals surface area contributed by atoms with Crippen LogP contribution in [0.3, 0.4) is 0 Å². The molecular weight excluding hydrogens is 252 g/mol. The number of hydrogen-bond acceptors (Lipinski definition) is 2. The molecule has 0 aliphatic rings. The molecule has 0 aliphatic heterocycles. The van der Waals surface area contributed by atoms with Crippen LogP contribution in [-0.4, -0.2) is 16.3 Å². The highest BCUT2D eigenvalue weighted by molar-refractivity contribution is 5.99. The molecule has 1 aromatic carbocycles. The lowest BCUT2D eigenvalue weighted by Crippen LogP contribution is -2.28. The third-order valence-electron chi connectivity index (χ3n) is 3.29. The molecule has 0 bridgehead atoms. The first-order chi connectivity index (χ1) is 9.49. The molecule has 0 spiro atoms. The minimum Gasteiger partial charge on any atom is -0.346 e. The predicted molar refractivity (Wildman–Crippen MR) is 77.7 cm³/mol. The topological polar surface area (TPSA) is 51.1 Å². The highest BCUT2D eigenvalue weighted by Crippen LogP contribution is 2.14. The number of ketones is 1. The first kappa shape index (κ1) is 14.1. The van der Waals surface area contributed by atoms with E-state index in [1.807, 2.05) is 37.3 Å². The highest BCUT2D eigenvalue weighted by Gasteiger charge is 2.16. The molecule has 2 rings (SSSR count). The monoisotopic (exact) mass is 270 g/mol. The molecule has 0 fully saturated rings. The lowest BCUT2D eigenvalue weighted by Gasteiger charge is -2.14. The molecule has 4 nitrogen and oxygen atoms in total. The predicted octanol–water partition coefficient (Wildman–Crippen LogP) is 2.72. The Bertz CT molecular complexity index is 629. The normalized spacial score (nSPS) is 11.9. The molecule has 1 amide bonds. The van der Waals surface area contributed by atoms with Crippen LogP contribution in [0.1, 0.15) is 46.3 Å². The number of aromatic nitrogens is 1. The van der Waals surface area contributed by atoms with Gasteiger partial charge in [-0.05, 0) is 25.5 Å². The van der Waals surface area contributed by atoms with Gasteiger partial charge >= 0.3 is 0 Å². The first-order valence-electron chi connectivity index (χ1n) is 6.52. The van der Waals surface area contributed by atoms with Gasteiger partial charge in [-0.15, -0.1) is 0 Å². The molecule has 104 valence electrons. The smallest absolute Gasteiger partial charge is 0.268 e. The average Bonchev–Trinajstić information content (AvgIpc) is 2.82. The van der Waals surface area contributed by atoms with Crippen LogP contribution in [0, 0.1) is 0 Å². The van der Waals surface area contributed by atoms with Crippen LogP contribution in [-0.2, 0) is 7.05 Å². The van der Waals surface area contributed by atoms with Crippen molar-refractivity contribution >= 4 is 11.7 Å². The van der Waals surface area contributed by atoms with Crippen LogP contribution in [0.2, 0.25) is 0 Å². The van der Waals surface area contributed by atoms with Gasteiger partial charge in [-0.3, -0.25) is 9.59 Å². The minimum atomic E-state index is -0.184. The summed E-state index contributed by atoms with van der Waals surface area (Å²) in [5, 5.41) is 2.93. The lowest BCUT2D eigenvalue weighted by atomic mass is 10.1. The Morgan fingerprint density at radius 2 is 1.85 bits per heavy atom. The van der Waals surface area contributed by atoms with Gasteiger partial charge in [0.05, 0.1) is 6.04 Å². The van der Waals surface area contributed by atoms with Gasteiger partial charge in [0, 0.05) is 18.8 Å². The van der Waals surface area contributed by atoms with Crippen LogP contribution in [0.4, 0.5) is 0 Å². The molecule has 1 N–H and O–H groups in total. The number of nitrogens with one attached hydrogen (secondary N) is 1. The van der Waals surface area contributed by atoms with Gasteiger partial charge in [0.2, 0.25) is 0 Å². The SMILES string of the molecule is CC(=O)c1cc(C(=O)N[C@H](C)c2ccccc2)n(C)c1. The third-order valence-corrected chi connectivity index (χ3v) is 3.29. The molecule has 0 radical (unpaired) electrons. The fourth-order valence-electron chi connectivity index (χ4n) is 2.08. The maximum Gasteiger partial charge on any atom is 0.268 e. The molecular formula is C16H18N2O2. The molecule has 20 heavy (non-hydrogen) atoms. The van der Waals surface area contributed by atoms with E-state index in [2.05, 4.69) is 5.32 Å². The Morgan fingerprint density at radius 3 is 2.40 bits per heavy atom. The van der Waals surface area contributed by atoms with Gasteiger partial charge in [-0.1, -0.05) is 30.3 Å². The zero-order valence-electron chi connectivity index (χ0n) is 11.9. The molecule has 1 heterocycles. The van der Waals surface area contributed by atoms with Crippen LogP contribution in [0.15, 0.2) is 42.6 Å². The van der Waals surface area contributed by atoms with Crippen LogP contribution in [0.5, 0.6) is 0 Å². The number of Topliss-reactive ketones (excluding diaryl/α,β-unsaturated/α-hetero) is 1. The molecule has 1 aromatic heterocycles. The molecule has 0 aliphatic carbocycles. The zero-order chi connectivity index (χ0) is 14.7. The Morgan fingerprint density at radius 1 is 1.20 bits per heavy atom. The summed E-state index contributed by atoms with van der Waals surface area (Å²) < 4.78 is 1.67. The number of rotatable bonds is 4. The van der Waals surface area contributed by atoms with Crippen molar-refractivity contribution in [2.24, 2.45) is 7.05 Å². The molecule has 0 saturated heterocycles. The van der Waals surface area contributed by atoms with Crippen LogP contribution >= 0.6 is 0 Å². The van der Waals surface area contributed by atoms with E-state index in [-0.39, 0.29) is 17.7 Å². The number of benzene rings is 1. The summed E-state index contributed by atoms with van der Waals surface area (Å²) in [4.78, 5) is 23.6. The number of carbonyl (C=O) groups excluding carboxylic acids is 2. The summed E-state index contributed by atoms with van der Waals surface area (Å²) in [6.45, 7) is 3.42. The maximum absolute atomic E-state index is 12.2. The van der Waals surface area contributed by atoms with Crippen LogP contribution < -0.4 is 5.32 Å². The van der Waals surface area contributed by atoms with Crippen molar-refractivity contribution in [2.75, 3.05) is 0 Å². The van der Waals surface area contributed by atoms with E-state index in [1.54, 1.807) is 23.9 Å². The lowest BCUT2D eigenvalue weighted by molar-refractivity contribution is 0.0931. The van der Waals surface area contributed by atoms with Gasteiger partial charge in [0.15, 0.2) is 5.78 Å². The molecule has 0 unspecified atom stereocenters.